The van der Waals surface area contributed by atoms with Crippen LogP contribution in [-0.2, 0) is 10.9 Å². The van der Waals surface area contributed by atoms with Crippen LogP contribution in [0.4, 0.5) is 23.8 Å². The number of piperazine rings is 1. The van der Waals surface area contributed by atoms with E-state index in [-0.39, 0.29) is 42.1 Å². The molecule has 0 bridgehead atoms. The van der Waals surface area contributed by atoms with Crippen LogP contribution in [0, 0.1) is 11.3 Å². The summed E-state index contributed by atoms with van der Waals surface area (Å²) >= 11 is 7.01. The molecule has 0 saturated carbocycles. The highest BCUT2D eigenvalue weighted by Crippen LogP contribution is 2.38. The average molecular weight is 596 g/mol. The molecular formula is C25H25ClF3N7O3S. The van der Waals surface area contributed by atoms with Crippen molar-refractivity contribution in [1.29, 1.82) is 5.26 Å². The minimum absolute atomic E-state index is 0.0220. The molecule has 1 aliphatic rings. The topological polar surface area (TPSA) is 117 Å². The van der Waals surface area contributed by atoms with Crippen molar-refractivity contribution in [3.8, 4) is 11.8 Å². The summed E-state index contributed by atoms with van der Waals surface area (Å²) in [4.78, 5) is 38.5. The molecular weight excluding hydrogens is 571 g/mol. The van der Waals surface area contributed by atoms with Crippen molar-refractivity contribution in [3.05, 3.63) is 45.3 Å². The van der Waals surface area contributed by atoms with Gasteiger partial charge in [0.15, 0.2) is 5.16 Å². The van der Waals surface area contributed by atoms with Crippen molar-refractivity contribution in [2.24, 2.45) is 0 Å². The van der Waals surface area contributed by atoms with Gasteiger partial charge in [0.05, 0.1) is 46.4 Å². The number of thioether (sulfide) groups is 1. The van der Waals surface area contributed by atoms with E-state index in [9.17, 15) is 28.0 Å². The molecule has 0 aliphatic carbocycles. The minimum Gasteiger partial charge on any atom is -0.444 e. The highest BCUT2D eigenvalue weighted by atomic mass is 35.5. The number of aromatic nitrogens is 4. The molecule has 0 radical (unpaired) electrons. The Morgan fingerprint density at radius 1 is 1.25 bits per heavy atom. The molecule has 4 rings (SSSR count). The van der Waals surface area contributed by atoms with E-state index in [0.29, 0.717) is 10.5 Å². The zero-order valence-electron chi connectivity index (χ0n) is 22.0. The van der Waals surface area contributed by atoms with Gasteiger partial charge in [-0.25, -0.2) is 14.8 Å². The van der Waals surface area contributed by atoms with Crippen LogP contribution in [0.1, 0.15) is 32.8 Å². The molecule has 1 fully saturated rings. The Hall–Kier alpha value is -3.57. The van der Waals surface area contributed by atoms with Crippen molar-refractivity contribution in [2.75, 3.05) is 30.8 Å². The first-order valence-electron chi connectivity index (χ1n) is 12.1. The maximum Gasteiger partial charge on any atom is 0.419 e. The number of carbonyl (C=O) groups is 1. The van der Waals surface area contributed by atoms with E-state index in [4.69, 9.17) is 16.3 Å². The monoisotopic (exact) mass is 595 g/mol. The van der Waals surface area contributed by atoms with Crippen LogP contribution in [0.2, 0.25) is 5.02 Å². The number of hydrogen-bond acceptors (Lipinski definition) is 9. The molecule has 1 atom stereocenters. The predicted octanol–water partition coefficient (Wildman–Crippen LogP) is 4.91. The van der Waals surface area contributed by atoms with E-state index in [0.717, 1.165) is 23.9 Å². The number of anilines is 1. The number of nitriles is 1. The SMILES string of the molecule is CSc1nc(N2CCN(C(=O)OC(C)(C)C)C(CC#N)C2)c2cnn(-c3cccc(Cl)c3C(F)(F)F)c(=O)c2n1. The molecule has 3 heterocycles. The Balaban J connectivity index is 1.80. The second-order valence-electron chi connectivity index (χ2n) is 9.93. The summed E-state index contributed by atoms with van der Waals surface area (Å²) < 4.78 is 47.6. The number of nitrogens with zero attached hydrogens (tertiary/aromatic N) is 7. The first-order valence-corrected chi connectivity index (χ1v) is 13.7. The van der Waals surface area contributed by atoms with Gasteiger partial charge in [-0.3, -0.25) is 4.79 Å². The van der Waals surface area contributed by atoms with Crippen molar-refractivity contribution in [1.82, 2.24) is 24.6 Å². The third-order valence-electron chi connectivity index (χ3n) is 6.03. The van der Waals surface area contributed by atoms with Gasteiger partial charge < -0.3 is 14.5 Å². The lowest BCUT2D eigenvalue weighted by atomic mass is 10.1. The van der Waals surface area contributed by atoms with Crippen LogP contribution in [0.15, 0.2) is 34.3 Å². The van der Waals surface area contributed by atoms with Crippen LogP contribution in [0.3, 0.4) is 0 Å². The van der Waals surface area contributed by atoms with Gasteiger partial charge in [0.2, 0.25) is 0 Å². The molecule has 40 heavy (non-hydrogen) atoms. The van der Waals surface area contributed by atoms with Gasteiger partial charge in [-0.1, -0.05) is 29.4 Å². The standard InChI is InChI=1S/C25H25ClF3N7O3S/c1-24(2,3)39-23(38)35-11-10-34(13-14(35)8-9-30)20-15-12-31-36(21(37)19(15)32-22(33-20)40-4)17-7-5-6-16(26)18(17)25(27,28)29/h5-7,12,14H,8,10-11,13H2,1-4H3. The van der Waals surface area contributed by atoms with Gasteiger partial charge in [0.25, 0.3) is 5.56 Å². The molecule has 0 N–H and O–H groups in total. The second-order valence-corrected chi connectivity index (χ2v) is 11.1. The maximum atomic E-state index is 13.8. The predicted molar refractivity (Wildman–Crippen MR) is 144 cm³/mol. The van der Waals surface area contributed by atoms with E-state index in [1.807, 2.05) is 0 Å². The normalized spacial score (nSPS) is 16.2. The average Bonchev–Trinajstić information content (AvgIpc) is 2.86. The number of amides is 1. The largest absolute Gasteiger partial charge is 0.444 e. The van der Waals surface area contributed by atoms with Gasteiger partial charge in [-0.2, -0.15) is 28.2 Å². The molecule has 3 aromatic rings. The Bertz CT molecular complexity index is 1550. The number of benzene rings is 1. The fraction of sp³-hybridized carbons (Fsp3) is 0.440. The second kappa shape index (κ2) is 11.1. The maximum absolute atomic E-state index is 13.8. The summed E-state index contributed by atoms with van der Waals surface area (Å²) in [5.41, 5.74) is -3.46. The number of carbonyl (C=O) groups excluding carboxylic acids is 1. The summed E-state index contributed by atoms with van der Waals surface area (Å²) in [6.45, 7) is 5.94. The summed E-state index contributed by atoms with van der Waals surface area (Å²) in [7, 11) is 0. The Labute approximate surface area is 236 Å². The van der Waals surface area contributed by atoms with E-state index >= 15 is 0 Å². The number of halogens is 4. The zero-order chi connectivity index (χ0) is 29.4. The minimum atomic E-state index is -4.84. The Morgan fingerprint density at radius 2 is 1.98 bits per heavy atom. The number of alkyl halides is 3. The van der Waals surface area contributed by atoms with Gasteiger partial charge in [-0.15, -0.1) is 0 Å². The summed E-state index contributed by atoms with van der Waals surface area (Å²) in [5, 5.41) is 13.3. The molecule has 212 valence electrons. The van der Waals surface area contributed by atoms with Gasteiger partial charge in [-0.05, 0) is 39.2 Å². The molecule has 1 amide bonds. The van der Waals surface area contributed by atoms with Crippen molar-refractivity contribution in [2.45, 2.75) is 50.2 Å². The number of rotatable bonds is 4. The van der Waals surface area contributed by atoms with Crippen LogP contribution in [0.25, 0.3) is 16.6 Å². The van der Waals surface area contributed by atoms with Crippen molar-refractivity contribution in [3.63, 3.8) is 0 Å². The lowest BCUT2D eigenvalue weighted by Gasteiger charge is -2.41. The molecule has 1 saturated heterocycles. The first kappa shape index (κ1) is 29.4. The molecule has 10 nitrogen and oxygen atoms in total. The number of ether oxygens (including phenoxy) is 1. The smallest absolute Gasteiger partial charge is 0.419 e. The van der Waals surface area contributed by atoms with Crippen molar-refractivity contribution < 1.29 is 22.7 Å². The van der Waals surface area contributed by atoms with Crippen LogP contribution < -0.4 is 10.5 Å². The van der Waals surface area contributed by atoms with E-state index < -0.39 is 45.7 Å². The van der Waals surface area contributed by atoms with Crippen LogP contribution in [0.5, 0.6) is 0 Å². The third-order valence-corrected chi connectivity index (χ3v) is 6.89. The lowest BCUT2D eigenvalue weighted by Crippen LogP contribution is -2.56. The lowest BCUT2D eigenvalue weighted by molar-refractivity contribution is -0.137. The quantitative estimate of drug-likeness (QED) is 0.306. The van der Waals surface area contributed by atoms with Gasteiger partial charge in [0, 0.05) is 19.6 Å². The molecule has 1 unspecified atom stereocenters. The molecule has 1 aromatic carbocycles. The van der Waals surface area contributed by atoms with E-state index in [2.05, 4.69) is 21.1 Å². The van der Waals surface area contributed by atoms with Crippen LogP contribution in [-0.4, -0.2) is 68.3 Å². The van der Waals surface area contributed by atoms with E-state index in [1.165, 1.54) is 17.2 Å². The van der Waals surface area contributed by atoms with Gasteiger partial charge >= 0.3 is 12.3 Å². The molecule has 0 spiro atoms. The summed E-state index contributed by atoms with van der Waals surface area (Å²) in [6.07, 6.45) is -2.43. The van der Waals surface area contributed by atoms with Gasteiger partial charge in [0.1, 0.15) is 16.9 Å². The van der Waals surface area contributed by atoms with Crippen LogP contribution >= 0.6 is 23.4 Å². The molecule has 1 aliphatic heterocycles. The summed E-state index contributed by atoms with van der Waals surface area (Å²) in [5.74, 6) is 0.319. The Morgan fingerprint density at radius 3 is 2.60 bits per heavy atom. The highest BCUT2D eigenvalue weighted by Gasteiger charge is 2.38. The Kier molecular flexibility index (Phi) is 8.18. The fourth-order valence-electron chi connectivity index (χ4n) is 4.35. The number of fused-ring (bicyclic) bond motifs is 1. The zero-order valence-corrected chi connectivity index (χ0v) is 23.6. The summed E-state index contributed by atoms with van der Waals surface area (Å²) in [6, 6.07) is 5.04. The molecule has 15 heteroatoms. The van der Waals surface area contributed by atoms with E-state index in [1.54, 1.807) is 31.9 Å². The highest BCUT2D eigenvalue weighted by molar-refractivity contribution is 7.98. The third kappa shape index (κ3) is 5.95. The fourth-order valence-corrected chi connectivity index (χ4v) is 4.99. The number of hydrogen-bond donors (Lipinski definition) is 0. The first-order chi connectivity index (χ1) is 18.7. The molecule has 2 aromatic heterocycles. The van der Waals surface area contributed by atoms with Crippen molar-refractivity contribution >= 4 is 46.2 Å².